The highest BCUT2D eigenvalue weighted by atomic mass is 35.5. The number of halogens is 1. The number of rotatable bonds is 8. The summed E-state index contributed by atoms with van der Waals surface area (Å²) in [6, 6.07) is 17.9. The van der Waals surface area contributed by atoms with Crippen LogP contribution in [-0.2, 0) is 11.3 Å². The average molecular weight is 427 g/mol. The molecule has 0 fully saturated rings. The van der Waals surface area contributed by atoms with E-state index in [1.165, 1.54) is 19.1 Å². The molecule has 7 nitrogen and oxygen atoms in total. The second-order valence-electron chi connectivity index (χ2n) is 6.36. The van der Waals surface area contributed by atoms with Gasteiger partial charge in [-0.3, -0.25) is 9.59 Å². The van der Waals surface area contributed by atoms with Gasteiger partial charge in [0.2, 0.25) is 5.78 Å². The number of benzene rings is 2. The standard InChI is InChI=1S/C22H19ClN2O5/c1-15(21(27)16-7-9-17(23)10-8-16)30-22(28)19-11-12-20(26)25(24-19)13-14-29-18-5-3-2-4-6-18/h2-12,15H,13-14H2,1H3. The van der Waals surface area contributed by atoms with Gasteiger partial charge in [0.05, 0.1) is 6.54 Å². The van der Waals surface area contributed by atoms with Crippen LogP contribution in [0.1, 0.15) is 27.8 Å². The fraction of sp³-hybridized carbons (Fsp3) is 0.182. The minimum Gasteiger partial charge on any atom is -0.492 e. The van der Waals surface area contributed by atoms with Gasteiger partial charge in [0.15, 0.2) is 11.8 Å². The number of Topliss-reactive ketones (excluding diaryl/α,β-unsaturated/α-hetero) is 1. The van der Waals surface area contributed by atoms with Crippen molar-refractivity contribution < 1.29 is 19.1 Å². The molecule has 1 aromatic heterocycles. The topological polar surface area (TPSA) is 87.5 Å². The maximum absolute atomic E-state index is 12.4. The molecular formula is C22H19ClN2O5. The van der Waals surface area contributed by atoms with Gasteiger partial charge in [-0.1, -0.05) is 29.8 Å². The Bertz CT molecular complexity index is 1080. The fourth-order valence-electron chi connectivity index (χ4n) is 2.61. The molecule has 1 atom stereocenters. The third kappa shape index (κ3) is 5.55. The van der Waals surface area contributed by atoms with E-state index in [0.29, 0.717) is 16.3 Å². The summed E-state index contributed by atoms with van der Waals surface area (Å²) >= 11 is 5.82. The van der Waals surface area contributed by atoms with Crippen LogP contribution in [0.5, 0.6) is 5.75 Å². The fourth-order valence-corrected chi connectivity index (χ4v) is 2.73. The highest BCUT2D eigenvalue weighted by Gasteiger charge is 2.21. The van der Waals surface area contributed by atoms with Gasteiger partial charge in [0, 0.05) is 16.7 Å². The Balaban J connectivity index is 1.62. The number of para-hydroxylation sites is 1. The zero-order chi connectivity index (χ0) is 21.5. The first-order valence-electron chi connectivity index (χ1n) is 9.21. The van der Waals surface area contributed by atoms with E-state index in [2.05, 4.69) is 5.10 Å². The molecular weight excluding hydrogens is 408 g/mol. The smallest absolute Gasteiger partial charge is 0.359 e. The number of ketones is 1. The third-order valence-electron chi connectivity index (χ3n) is 4.17. The average Bonchev–Trinajstić information content (AvgIpc) is 2.75. The number of ether oxygens (including phenoxy) is 2. The summed E-state index contributed by atoms with van der Waals surface area (Å²) in [5.41, 5.74) is -0.0886. The number of hydrogen-bond acceptors (Lipinski definition) is 6. The molecule has 2 aromatic carbocycles. The van der Waals surface area contributed by atoms with E-state index >= 15 is 0 Å². The molecule has 154 valence electrons. The lowest BCUT2D eigenvalue weighted by Crippen LogP contribution is -2.29. The number of hydrogen-bond donors (Lipinski definition) is 0. The second-order valence-corrected chi connectivity index (χ2v) is 6.80. The summed E-state index contributed by atoms with van der Waals surface area (Å²) in [5, 5.41) is 4.52. The Kier molecular flexibility index (Phi) is 6.98. The first-order chi connectivity index (χ1) is 14.4. The lowest BCUT2D eigenvalue weighted by molar-refractivity contribution is 0.0310. The number of aromatic nitrogens is 2. The van der Waals surface area contributed by atoms with Crippen molar-refractivity contribution in [2.24, 2.45) is 0 Å². The van der Waals surface area contributed by atoms with Crippen LogP contribution in [0.2, 0.25) is 5.02 Å². The van der Waals surface area contributed by atoms with Gasteiger partial charge in [-0.25, -0.2) is 9.48 Å². The summed E-state index contributed by atoms with van der Waals surface area (Å²) in [6.07, 6.45) is -1.03. The molecule has 0 aliphatic heterocycles. The summed E-state index contributed by atoms with van der Waals surface area (Å²) < 4.78 is 11.9. The zero-order valence-electron chi connectivity index (χ0n) is 16.2. The van der Waals surface area contributed by atoms with Crippen LogP contribution >= 0.6 is 11.6 Å². The van der Waals surface area contributed by atoms with E-state index in [1.807, 2.05) is 18.2 Å². The maximum atomic E-state index is 12.4. The number of esters is 1. The molecule has 0 spiro atoms. The van der Waals surface area contributed by atoms with E-state index in [9.17, 15) is 14.4 Å². The summed E-state index contributed by atoms with van der Waals surface area (Å²) in [6.45, 7) is 1.81. The molecule has 0 bridgehead atoms. The van der Waals surface area contributed by atoms with Gasteiger partial charge < -0.3 is 9.47 Å². The van der Waals surface area contributed by atoms with Crippen molar-refractivity contribution in [2.75, 3.05) is 6.61 Å². The van der Waals surface area contributed by atoms with Gasteiger partial charge in [-0.05, 0) is 49.4 Å². The zero-order valence-corrected chi connectivity index (χ0v) is 16.9. The molecule has 3 aromatic rings. The Morgan fingerprint density at radius 1 is 1.03 bits per heavy atom. The van der Waals surface area contributed by atoms with Gasteiger partial charge in [0.1, 0.15) is 12.4 Å². The van der Waals surface area contributed by atoms with Crippen LogP contribution in [0.4, 0.5) is 0 Å². The van der Waals surface area contributed by atoms with Crippen molar-refractivity contribution in [3.63, 3.8) is 0 Å². The molecule has 0 aliphatic rings. The molecule has 30 heavy (non-hydrogen) atoms. The van der Waals surface area contributed by atoms with Crippen LogP contribution in [0.3, 0.4) is 0 Å². The Morgan fingerprint density at radius 2 is 1.73 bits per heavy atom. The lowest BCUT2D eigenvalue weighted by Gasteiger charge is -2.13. The number of carbonyl (C=O) groups excluding carboxylic acids is 2. The highest BCUT2D eigenvalue weighted by molar-refractivity contribution is 6.30. The van der Waals surface area contributed by atoms with Crippen LogP contribution in [0.15, 0.2) is 71.5 Å². The van der Waals surface area contributed by atoms with Crippen LogP contribution in [-0.4, -0.2) is 34.2 Å². The SMILES string of the molecule is CC(OC(=O)c1ccc(=O)n(CCOc2ccccc2)n1)C(=O)c1ccc(Cl)cc1. The molecule has 0 saturated carbocycles. The molecule has 1 heterocycles. The number of nitrogens with zero attached hydrogens (tertiary/aromatic N) is 2. The van der Waals surface area contributed by atoms with Crippen LogP contribution in [0, 0.1) is 0 Å². The van der Waals surface area contributed by atoms with E-state index in [1.54, 1.807) is 36.4 Å². The molecule has 8 heteroatoms. The number of carbonyl (C=O) groups is 2. The van der Waals surface area contributed by atoms with Crippen LogP contribution in [0.25, 0.3) is 0 Å². The van der Waals surface area contributed by atoms with Crippen molar-refractivity contribution in [3.05, 3.63) is 93.4 Å². The van der Waals surface area contributed by atoms with Crippen molar-refractivity contribution in [3.8, 4) is 5.75 Å². The summed E-state index contributed by atoms with van der Waals surface area (Å²) in [7, 11) is 0. The molecule has 0 radical (unpaired) electrons. The first kappa shape index (κ1) is 21.3. The van der Waals surface area contributed by atoms with E-state index in [0.717, 1.165) is 4.68 Å². The van der Waals surface area contributed by atoms with E-state index in [-0.39, 0.29) is 30.2 Å². The monoisotopic (exact) mass is 426 g/mol. The molecule has 0 N–H and O–H groups in total. The van der Waals surface area contributed by atoms with E-state index < -0.39 is 12.1 Å². The van der Waals surface area contributed by atoms with E-state index in [4.69, 9.17) is 21.1 Å². The minimum atomic E-state index is -1.03. The Morgan fingerprint density at radius 3 is 2.43 bits per heavy atom. The predicted molar refractivity (Wildman–Crippen MR) is 111 cm³/mol. The Hall–Kier alpha value is -3.45. The van der Waals surface area contributed by atoms with Gasteiger partial charge in [-0.2, -0.15) is 5.10 Å². The van der Waals surface area contributed by atoms with Gasteiger partial charge in [-0.15, -0.1) is 0 Å². The lowest BCUT2D eigenvalue weighted by atomic mass is 10.1. The van der Waals surface area contributed by atoms with Gasteiger partial charge in [0.25, 0.3) is 5.56 Å². The quantitative estimate of drug-likeness (QED) is 0.405. The van der Waals surface area contributed by atoms with Crippen LogP contribution < -0.4 is 10.3 Å². The van der Waals surface area contributed by atoms with Crippen molar-refractivity contribution in [1.82, 2.24) is 9.78 Å². The van der Waals surface area contributed by atoms with Crippen molar-refractivity contribution in [1.29, 1.82) is 0 Å². The molecule has 0 aliphatic carbocycles. The van der Waals surface area contributed by atoms with Crippen molar-refractivity contribution in [2.45, 2.75) is 19.6 Å². The summed E-state index contributed by atoms with van der Waals surface area (Å²) in [4.78, 5) is 36.8. The second kappa shape index (κ2) is 9.84. The normalized spacial score (nSPS) is 11.5. The molecule has 0 amide bonds. The van der Waals surface area contributed by atoms with Crippen molar-refractivity contribution >= 4 is 23.4 Å². The minimum absolute atomic E-state index is 0.0786. The molecule has 3 rings (SSSR count). The predicted octanol–water partition coefficient (Wildman–Crippen LogP) is 3.40. The molecule has 0 saturated heterocycles. The first-order valence-corrected chi connectivity index (χ1v) is 9.58. The summed E-state index contributed by atoms with van der Waals surface area (Å²) in [5.74, 6) is -0.511. The highest BCUT2D eigenvalue weighted by Crippen LogP contribution is 2.13. The molecule has 1 unspecified atom stereocenters. The maximum Gasteiger partial charge on any atom is 0.359 e. The Labute approximate surface area is 177 Å². The third-order valence-corrected chi connectivity index (χ3v) is 4.42. The van der Waals surface area contributed by atoms with Gasteiger partial charge >= 0.3 is 5.97 Å². The largest absolute Gasteiger partial charge is 0.492 e.